The van der Waals surface area contributed by atoms with Crippen LogP contribution in [0.4, 0.5) is 8.78 Å². The predicted octanol–water partition coefficient (Wildman–Crippen LogP) is 6.06. The Kier molecular flexibility index (Phi) is 9.76. The smallest absolute Gasteiger partial charge is 0.340 e. The first-order valence-corrected chi connectivity index (χ1v) is 17.9. The fourth-order valence-corrected chi connectivity index (χ4v) is 7.75. The Balaban J connectivity index is 1.36. The van der Waals surface area contributed by atoms with Crippen molar-refractivity contribution in [3.63, 3.8) is 0 Å². The largest absolute Gasteiger partial charge is 0.399 e. The summed E-state index contributed by atoms with van der Waals surface area (Å²) in [6.45, 7) is 7.09. The molecule has 0 radical (unpaired) electrons. The van der Waals surface area contributed by atoms with E-state index in [9.17, 15) is 27.7 Å². The Labute approximate surface area is 271 Å². The lowest BCUT2D eigenvalue weighted by Crippen LogP contribution is -2.59. The first-order chi connectivity index (χ1) is 21.6. The number of nitrogens with one attached hydrogen (secondary N) is 1. The van der Waals surface area contributed by atoms with Crippen molar-refractivity contribution >= 4 is 46.7 Å². The highest BCUT2D eigenvalue weighted by molar-refractivity contribution is 7.52. The minimum Gasteiger partial charge on any atom is -0.340 e. The zero-order valence-corrected chi connectivity index (χ0v) is 27.8. The van der Waals surface area contributed by atoms with Crippen LogP contribution in [0.1, 0.15) is 79.6 Å². The Morgan fingerprint density at radius 1 is 0.978 bits per heavy atom. The first kappa shape index (κ1) is 34.2. The third kappa shape index (κ3) is 7.05. The van der Waals surface area contributed by atoms with E-state index in [2.05, 4.69) is 17.4 Å². The number of carbonyl (C=O) groups is 3. The van der Waals surface area contributed by atoms with Gasteiger partial charge >= 0.3 is 13.3 Å². The molecule has 3 atom stereocenters. The van der Waals surface area contributed by atoms with Gasteiger partial charge in [-0.3, -0.25) is 18.9 Å². The number of thiophene rings is 1. The van der Waals surface area contributed by atoms with Crippen LogP contribution in [0.25, 0.3) is 10.1 Å². The summed E-state index contributed by atoms with van der Waals surface area (Å²) in [5.74, 6) is -0.757. The maximum absolute atomic E-state index is 14.3. The number of nitrogens with zero attached hydrogens (tertiary/aromatic N) is 2. The molecule has 0 aliphatic carbocycles. The predicted molar refractivity (Wildman–Crippen MR) is 173 cm³/mol. The topological polar surface area (TPSA) is 127 Å². The molecule has 0 spiro atoms. The van der Waals surface area contributed by atoms with Crippen LogP contribution in [0.2, 0.25) is 0 Å². The molecule has 0 saturated carbocycles. The molecule has 9 nitrogen and oxygen atoms in total. The fourth-order valence-electron chi connectivity index (χ4n) is 6.32. The van der Waals surface area contributed by atoms with Crippen molar-refractivity contribution in [3.05, 3.63) is 70.6 Å². The molecule has 2 aromatic carbocycles. The molecule has 5 rings (SSSR count). The Hall–Kier alpha value is -3.18. The lowest BCUT2D eigenvalue weighted by molar-refractivity contribution is -0.147. The fraction of sp³-hybridized carbons (Fsp3) is 0.485. The summed E-state index contributed by atoms with van der Waals surface area (Å²) in [5, 5.41) is 3.08. The number of hydrogen-bond acceptors (Lipinski definition) is 5. The molecule has 0 bridgehead atoms. The Morgan fingerprint density at radius 3 is 2.37 bits per heavy atom. The van der Waals surface area contributed by atoms with E-state index in [4.69, 9.17) is 9.79 Å². The molecule has 1 aromatic heterocycles. The highest BCUT2D eigenvalue weighted by Crippen LogP contribution is 2.59. The lowest BCUT2D eigenvalue weighted by atomic mass is 9.85. The number of likely N-dealkylation sites (tertiary alicyclic amines) is 2. The highest BCUT2D eigenvalue weighted by atomic mass is 32.1. The average Bonchev–Trinajstić information content (AvgIpc) is 3.59. The van der Waals surface area contributed by atoms with Gasteiger partial charge in [0.1, 0.15) is 12.1 Å². The summed E-state index contributed by atoms with van der Waals surface area (Å²) in [6, 6.07) is 13.0. The highest BCUT2D eigenvalue weighted by Gasteiger charge is 2.50. The van der Waals surface area contributed by atoms with Gasteiger partial charge in [0.2, 0.25) is 11.8 Å². The molecule has 3 N–H and O–H groups in total. The monoisotopic (exact) mass is 675 g/mol. The summed E-state index contributed by atoms with van der Waals surface area (Å²) >= 11 is 1.02. The van der Waals surface area contributed by atoms with Crippen LogP contribution in [-0.2, 0) is 19.8 Å². The van der Waals surface area contributed by atoms with E-state index in [0.717, 1.165) is 49.2 Å². The molecule has 46 heavy (non-hydrogen) atoms. The van der Waals surface area contributed by atoms with Gasteiger partial charge in [0.25, 0.3) is 5.91 Å². The lowest BCUT2D eigenvalue weighted by Gasteiger charge is -2.38. The first-order valence-electron chi connectivity index (χ1n) is 15.5. The SMILES string of the molecule is CC(C)(C)C(NC(=O)c1cc2cc(C(F)(F)P(=O)(O)O)ccc2s1)C(=O)N1CCCCC[C@H]1C(=O)N1CC[C@H](c2ccccc2)C1. The van der Waals surface area contributed by atoms with E-state index >= 15 is 0 Å². The molecule has 3 amide bonds. The molecule has 3 aromatic rings. The third-order valence-corrected chi connectivity index (χ3v) is 11.0. The van der Waals surface area contributed by atoms with Crippen molar-refractivity contribution in [2.24, 2.45) is 5.41 Å². The molecule has 2 saturated heterocycles. The Morgan fingerprint density at radius 2 is 1.70 bits per heavy atom. The molecule has 248 valence electrons. The number of hydrogen-bond donors (Lipinski definition) is 3. The van der Waals surface area contributed by atoms with Crippen molar-refractivity contribution in [2.45, 2.75) is 76.5 Å². The van der Waals surface area contributed by atoms with Crippen molar-refractivity contribution in [2.75, 3.05) is 19.6 Å². The van der Waals surface area contributed by atoms with E-state index in [0.29, 0.717) is 30.8 Å². The number of rotatable bonds is 7. The minimum absolute atomic E-state index is 0.0694. The summed E-state index contributed by atoms with van der Waals surface area (Å²) in [6.07, 6.45) is 3.83. The number of amides is 3. The van der Waals surface area contributed by atoms with Crippen LogP contribution in [-0.4, -0.2) is 69.0 Å². The number of halogens is 2. The van der Waals surface area contributed by atoms with Crippen molar-refractivity contribution < 1.29 is 37.5 Å². The van der Waals surface area contributed by atoms with Crippen LogP contribution in [0.15, 0.2) is 54.6 Å². The van der Waals surface area contributed by atoms with Crippen molar-refractivity contribution in [3.8, 4) is 0 Å². The van der Waals surface area contributed by atoms with Gasteiger partial charge in [-0.05, 0) is 53.8 Å². The van der Waals surface area contributed by atoms with Crippen LogP contribution in [0.5, 0.6) is 0 Å². The minimum atomic E-state index is -5.76. The summed E-state index contributed by atoms with van der Waals surface area (Å²) in [5.41, 5.74) is -4.78. The van der Waals surface area contributed by atoms with Gasteiger partial charge < -0.3 is 24.9 Å². The van der Waals surface area contributed by atoms with E-state index in [1.807, 2.05) is 43.9 Å². The zero-order valence-electron chi connectivity index (χ0n) is 26.1. The van der Waals surface area contributed by atoms with Crippen LogP contribution >= 0.6 is 18.9 Å². The second-order valence-electron chi connectivity index (χ2n) is 13.3. The summed E-state index contributed by atoms with van der Waals surface area (Å²) < 4.78 is 40.5. The number of fused-ring (bicyclic) bond motifs is 1. The van der Waals surface area contributed by atoms with Gasteiger partial charge in [-0.25, -0.2) is 0 Å². The second-order valence-corrected chi connectivity index (χ2v) is 16.0. The molecule has 1 unspecified atom stereocenters. The van der Waals surface area contributed by atoms with Gasteiger partial charge in [-0.1, -0.05) is 70.0 Å². The van der Waals surface area contributed by atoms with E-state index in [-0.39, 0.29) is 28.0 Å². The standard InChI is InChI=1S/C33H40F2N3O6PS/c1-32(2,3)28(36-29(39)27-19-23-18-24(13-14-26(23)46-27)33(34,35)45(42,43)44)31(41)38-16-9-5-8-12-25(38)30(40)37-17-15-22(20-37)21-10-6-4-7-11-21/h4,6-7,10-11,13-14,18-19,22,25,28H,5,8-9,12,15-17,20H2,1-3H3,(H,36,39)(H2,42,43,44)/t22-,25-,28?/m0/s1. The number of carbonyl (C=O) groups excluding carboxylic acids is 3. The molecular weight excluding hydrogens is 635 g/mol. The molecular formula is C33H40F2N3O6PS. The number of benzene rings is 2. The molecule has 2 aliphatic heterocycles. The van der Waals surface area contributed by atoms with E-state index < -0.39 is 42.2 Å². The third-order valence-electron chi connectivity index (χ3n) is 8.93. The maximum atomic E-state index is 14.3. The van der Waals surface area contributed by atoms with Crippen molar-refractivity contribution in [1.82, 2.24) is 15.1 Å². The zero-order chi connectivity index (χ0) is 33.4. The van der Waals surface area contributed by atoms with Gasteiger partial charge in [-0.15, -0.1) is 11.3 Å². The van der Waals surface area contributed by atoms with E-state index in [1.165, 1.54) is 17.7 Å². The average molecular weight is 676 g/mol. The maximum Gasteiger partial charge on any atom is 0.399 e. The molecule has 3 heterocycles. The van der Waals surface area contributed by atoms with Gasteiger partial charge in [0.05, 0.1) is 4.88 Å². The van der Waals surface area contributed by atoms with Crippen LogP contribution in [0.3, 0.4) is 0 Å². The quantitative estimate of drug-likeness (QED) is 0.262. The molecule has 2 aliphatic rings. The van der Waals surface area contributed by atoms with Gasteiger partial charge in [0.15, 0.2) is 0 Å². The van der Waals surface area contributed by atoms with Gasteiger partial charge in [-0.2, -0.15) is 8.78 Å². The Bertz CT molecular complexity index is 1650. The van der Waals surface area contributed by atoms with E-state index in [1.54, 1.807) is 4.90 Å². The van der Waals surface area contributed by atoms with Crippen molar-refractivity contribution in [1.29, 1.82) is 0 Å². The van der Waals surface area contributed by atoms with Crippen LogP contribution in [0, 0.1) is 5.41 Å². The van der Waals surface area contributed by atoms with Gasteiger partial charge in [0, 0.05) is 35.8 Å². The van der Waals surface area contributed by atoms with Crippen LogP contribution < -0.4 is 5.32 Å². The summed E-state index contributed by atoms with van der Waals surface area (Å²) in [4.78, 5) is 63.7. The second kappa shape index (κ2) is 13.1. The normalized spacial score (nSPS) is 20.4. The molecule has 2 fully saturated rings. The number of alkyl halides is 2. The summed E-state index contributed by atoms with van der Waals surface area (Å²) in [7, 11) is -5.76. The molecule has 13 heteroatoms.